The van der Waals surface area contributed by atoms with E-state index in [1.165, 1.54) is 30.3 Å². The topological polar surface area (TPSA) is 204 Å². The average Bonchev–Trinajstić information content (AvgIpc) is 3.16. The Morgan fingerprint density at radius 2 is 0.828 bits per heavy atom. The molecular formula is C44H58BCl3N6O10. The minimum atomic E-state index is -2.72. The molecule has 0 spiro atoms. The molecule has 2 aromatic carbocycles. The number of carbonyl (C=O) groups excluding carboxylic acids is 4. The van der Waals surface area contributed by atoms with E-state index in [-0.39, 0.29) is 54.9 Å². The molecule has 0 fully saturated rings. The first-order valence-electron chi connectivity index (χ1n) is 24.8. The lowest BCUT2D eigenvalue weighted by Gasteiger charge is -2.27. The van der Waals surface area contributed by atoms with Crippen molar-refractivity contribution in [1.82, 2.24) is 19.9 Å². The fourth-order valence-electron chi connectivity index (χ4n) is 4.49. The van der Waals surface area contributed by atoms with Gasteiger partial charge in [0.25, 0.3) is 0 Å². The fourth-order valence-corrected chi connectivity index (χ4v) is 5.08. The number of hydrogen-bond acceptors (Lipinski definition) is 14. The Balaban J connectivity index is 0.000000423. The second kappa shape index (κ2) is 22.2. The van der Waals surface area contributed by atoms with Crippen molar-refractivity contribution in [2.45, 2.75) is 133 Å². The molecule has 16 nitrogen and oxygen atoms in total. The monoisotopic (exact) mass is 958 g/mol. The largest absolute Gasteiger partial charge is 0.488 e. The molecule has 348 valence electrons. The van der Waals surface area contributed by atoms with Crippen LogP contribution < -0.4 is 15.3 Å². The standard InChI is InChI=1S/C22H28ClN3O4.C14H19Cl2N3O4.C8H11BO2/c1-13-10-9-11-14(2)17(13)15-12-16(23)25-18(24-15)26(19(27)29-21(3,4)5)20(28)30-22(6,7)8;1-13(2,3)22-11(20)19(12(21)23-14(4,5)6)10-17-8(15)7-9(16)18-10;1-6-4-3-5-7(2)8(6)9(10)11/h9-12H,1-8H3;7H,1-6H3;3-5,10-11H,1-2H3/i1D3,2D3;;1D3,2D3. The zero-order chi connectivity index (χ0) is 59.3. The van der Waals surface area contributed by atoms with Gasteiger partial charge in [0.2, 0.25) is 11.9 Å². The highest BCUT2D eigenvalue weighted by Crippen LogP contribution is 2.30. The Morgan fingerprint density at radius 1 is 0.531 bits per heavy atom. The van der Waals surface area contributed by atoms with Gasteiger partial charge in [0.15, 0.2) is 0 Å². The van der Waals surface area contributed by atoms with Gasteiger partial charge in [-0.25, -0.2) is 24.2 Å². The van der Waals surface area contributed by atoms with Crippen LogP contribution in [0.5, 0.6) is 0 Å². The van der Waals surface area contributed by atoms with Crippen molar-refractivity contribution < 1.29 is 64.6 Å². The van der Waals surface area contributed by atoms with Crippen LogP contribution >= 0.6 is 34.8 Å². The maximum absolute atomic E-state index is 13.0. The molecule has 0 aliphatic heterocycles. The van der Waals surface area contributed by atoms with Crippen molar-refractivity contribution in [1.29, 1.82) is 0 Å². The minimum absolute atomic E-state index is 0.0304. The first kappa shape index (κ1) is 38.2. The molecule has 4 rings (SSSR count). The predicted octanol–water partition coefficient (Wildman–Crippen LogP) is 10.5. The van der Waals surface area contributed by atoms with E-state index >= 15 is 0 Å². The van der Waals surface area contributed by atoms with Crippen molar-refractivity contribution in [3.8, 4) is 11.3 Å². The Hall–Kier alpha value is -5.07. The number of rotatable bonds is 4. The number of amides is 4. The third kappa shape index (κ3) is 18.2. The smallest absolute Gasteiger partial charge is 0.443 e. The molecule has 0 unspecified atom stereocenters. The number of nitrogens with zero attached hydrogens (tertiary/aromatic N) is 6. The number of imide groups is 2. The molecule has 0 saturated heterocycles. The summed E-state index contributed by atoms with van der Waals surface area (Å²) in [6, 6.07) is 9.81. The first-order chi connectivity index (χ1) is 33.9. The Morgan fingerprint density at radius 3 is 1.12 bits per heavy atom. The van der Waals surface area contributed by atoms with Gasteiger partial charge in [0, 0.05) is 34.1 Å². The summed E-state index contributed by atoms with van der Waals surface area (Å²) in [5, 5.41) is 18.0. The van der Waals surface area contributed by atoms with Crippen LogP contribution in [0.25, 0.3) is 11.3 Å². The van der Waals surface area contributed by atoms with Gasteiger partial charge in [-0.15, -0.1) is 9.80 Å². The molecule has 0 aliphatic rings. The summed E-state index contributed by atoms with van der Waals surface area (Å²) in [6.07, 6.45) is -4.34. The van der Waals surface area contributed by atoms with Crippen molar-refractivity contribution >= 4 is 83.7 Å². The van der Waals surface area contributed by atoms with E-state index < -0.39 is 92.7 Å². The highest BCUT2D eigenvalue weighted by atomic mass is 35.5. The van der Waals surface area contributed by atoms with Gasteiger partial charge in [-0.05, 0) is 127 Å². The molecule has 0 saturated carbocycles. The summed E-state index contributed by atoms with van der Waals surface area (Å²) in [7, 11) is -2.14. The normalized spacial score (nSPS) is 15.0. The molecule has 2 heterocycles. The second-order valence-corrected chi connectivity index (χ2v) is 18.3. The molecule has 64 heavy (non-hydrogen) atoms. The van der Waals surface area contributed by atoms with Gasteiger partial charge in [0.1, 0.15) is 37.9 Å². The summed E-state index contributed by atoms with van der Waals surface area (Å²) in [5.74, 6) is -0.913. The van der Waals surface area contributed by atoms with Crippen LogP contribution in [0.15, 0.2) is 48.5 Å². The second-order valence-electron chi connectivity index (χ2n) is 17.2. The Labute approximate surface area is 407 Å². The van der Waals surface area contributed by atoms with E-state index in [0.29, 0.717) is 9.80 Å². The van der Waals surface area contributed by atoms with Crippen LogP contribution in [0, 0.1) is 27.4 Å². The van der Waals surface area contributed by atoms with Gasteiger partial charge < -0.3 is 29.0 Å². The highest BCUT2D eigenvalue weighted by molar-refractivity contribution is 6.59. The number of benzene rings is 2. The molecule has 2 aromatic heterocycles. The maximum Gasteiger partial charge on any atom is 0.488 e. The van der Waals surface area contributed by atoms with Crippen LogP contribution in [0.3, 0.4) is 0 Å². The van der Waals surface area contributed by atoms with E-state index in [2.05, 4.69) is 19.9 Å². The summed E-state index contributed by atoms with van der Waals surface area (Å²) in [5.41, 5.74) is -5.96. The first-order valence-corrected chi connectivity index (χ1v) is 20.0. The molecule has 0 bridgehead atoms. The van der Waals surface area contributed by atoms with Crippen LogP contribution in [0.4, 0.5) is 31.1 Å². The molecule has 20 heteroatoms. The van der Waals surface area contributed by atoms with Crippen LogP contribution in [-0.4, -0.2) is 83.9 Å². The fraction of sp³-hybridized carbons (Fsp3) is 0.455. The van der Waals surface area contributed by atoms with E-state index in [9.17, 15) is 19.2 Å². The third-order valence-electron chi connectivity index (χ3n) is 6.72. The van der Waals surface area contributed by atoms with E-state index in [0.717, 1.165) is 18.2 Å². The van der Waals surface area contributed by atoms with Crippen LogP contribution in [0.1, 0.15) is 122 Å². The Bertz CT molecular complexity index is 2600. The summed E-state index contributed by atoms with van der Waals surface area (Å²) in [6.45, 7) is 8.80. The lowest BCUT2D eigenvalue weighted by atomic mass is 9.74. The number of ether oxygens (including phenoxy) is 4. The SMILES string of the molecule is CC(C)(C)OC(=O)N(C(=O)OC(C)(C)C)c1nc(Cl)cc(Cl)n1.[2H]C([2H])([2H])c1cccc(C([2H])([2H])[2H])c1-c1cc(Cl)nc(N(C(=O)OC(C)(C)C)C(=O)OC(C)(C)C)n1.[2H]C([2H])([2H])c1cccc(C([2H])([2H])[2H])c1B(O)O. The Kier molecular flexibility index (Phi) is 13.3. The summed E-state index contributed by atoms with van der Waals surface area (Å²) < 4.78 is 112. The van der Waals surface area contributed by atoms with Crippen LogP contribution in [0.2, 0.25) is 15.5 Å². The molecule has 0 atom stereocenters. The van der Waals surface area contributed by atoms with Gasteiger partial charge >= 0.3 is 31.5 Å². The number of aryl methyl sites for hydroxylation is 4. The van der Waals surface area contributed by atoms with Crippen molar-refractivity contribution in [3.05, 3.63) is 86.2 Å². The predicted molar refractivity (Wildman–Crippen MR) is 250 cm³/mol. The van der Waals surface area contributed by atoms with Gasteiger partial charge in [-0.3, -0.25) is 0 Å². The molecule has 4 amide bonds. The van der Waals surface area contributed by atoms with Gasteiger partial charge in [-0.2, -0.15) is 15.0 Å². The van der Waals surface area contributed by atoms with Crippen molar-refractivity contribution in [2.24, 2.45) is 0 Å². The number of hydrogen-bond donors (Lipinski definition) is 2. The zero-order valence-corrected chi connectivity index (χ0v) is 39.4. The number of aromatic nitrogens is 4. The van der Waals surface area contributed by atoms with E-state index in [1.54, 1.807) is 83.1 Å². The highest BCUT2D eigenvalue weighted by Gasteiger charge is 2.36. The van der Waals surface area contributed by atoms with Crippen molar-refractivity contribution in [3.63, 3.8) is 0 Å². The summed E-state index contributed by atoms with van der Waals surface area (Å²) in [4.78, 5) is 67.4. The van der Waals surface area contributed by atoms with Crippen LogP contribution in [-0.2, 0) is 18.9 Å². The quantitative estimate of drug-likeness (QED) is 0.111. The van der Waals surface area contributed by atoms with E-state index in [1.807, 2.05) is 0 Å². The van der Waals surface area contributed by atoms with Crippen molar-refractivity contribution in [2.75, 3.05) is 9.80 Å². The number of anilines is 2. The molecule has 0 aliphatic carbocycles. The number of carbonyl (C=O) groups is 4. The van der Waals surface area contributed by atoms with E-state index in [4.69, 9.17) is 80.2 Å². The molecule has 0 radical (unpaired) electrons. The minimum Gasteiger partial charge on any atom is -0.443 e. The lowest BCUT2D eigenvalue weighted by molar-refractivity contribution is 0.0404. The van der Waals surface area contributed by atoms with Gasteiger partial charge in [-0.1, -0.05) is 82.3 Å². The van der Waals surface area contributed by atoms with Gasteiger partial charge in [0.05, 0.1) is 5.69 Å². The third-order valence-corrected chi connectivity index (χ3v) is 7.30. The number of halogens is 3. The molecular weight excluding hydrogens is 890 g/mol. The maximum atomic E-state index is 13.0. The summed E-state index contributed by atoms with van der Waals surface area (Å²) >= 11 is 17.8. The lowest BCUT2D eigenvalue weighted by Crippen LogP contribution is -2.44. The molecule has 4 aromatic rings. The average molecular weight is 960 g/mol. The molecule has 2 N–H and O–H groups in total. The zero-order valence-electron chi connectivity index (χ0n) is 49.2.